The Kier molecular flexibility index (Phi) is 20.3. The largest absolute Gasteiger partial charge is 0.459 e. The number of fused-ring (bicyclic) bond motifs is 10. The van der Waals surface area contributed by atoms with Crippen LogP contribution >= 0.6 is 0 Å². The fourth-order valence-corrected chi connectivity index (χ4v) is 23.2. The molecule has 4 nitrogen and oxygen atoms in total. The lowest BCUT2D eigenvalue weighted by atomic mass is 9.44. The molecule has 0 aliphatic heterocycles. The third-order valence-corrected chi connectivity index (χ3v) is 28.3. The van der Waals surface area contributed by atoms with Crippen LogP contribution in [0.2, 0.25) is 0 Å². The third-order valence-electron chi connectivity index (χ3n) is 28.3. The maximum Gasteiger partial charge on any atom is 0.338 e. The molecule has 0 amide bonds. The van der Waals surface area contributed by atoms with E-state index in [1.54, 1.807) is 5.57 Å². The molecule has 7 fully saturated rings. The van der Waals surface area contributed by atoms with Gasteiger partial charge in [-0.1, -0.05) is 196 Å². The second-order valence-electron chi connectivity index (χ2n) is 34.8. The lowest BCUT2D eigenvalue weighted by Crippen LogP contribution is -2.54. The van der Waals surface area contributed by atoms with E-state index in [1.807, 2.05) is 12.1 Å². The molecule has 0 spiro atoms. The first kappa shape index (κ1) is 67.9. The average molecular weight is 1260 g/mol. The molecule has 13 rings (SSSR count). The molecule has 16 atom stereocenters. The van der Waals surface area contributed by atoms with Gasteiger partial charge in [-0.15, -0.1) is 0 Å². The van der Waals surface area contributed by atoms with Crippen molar-refractivity contribution in [2.75, 3.05) is 0 Å². The first-order valence-corrected chi connectivity index (χ1v) is 38.2. The number of rotatable bonds is 18. The maximum atomic E-state index is 13.0. The van der Waals surface area contributed by atoms with Crippen molar-refractivity contribution in [3.63, 3.8) is 0 Å². The van der Waals surface area contributed by atoms with E-state index in [1.165, 1.54) is 144 Å². The predicted octanol–water partition coefficient (Wildman–Crippen LogP) is 25.2. The molecular weight excluding hydrogens is 1130 g/mol. The minimum Gasteiger partial charge on any atom is -0.459 e. The molecule has 5 aromatic rings. The highest BCUT2D eigenvalue weighted by Crippen LogP contribution is 2.71. The summed E-state index contributed by atoms with van der Waals surface area (Å²) in [5.41, 5.74) is 11.7. The van der Waals surface area contributed by atoms with Crippen LogP contribution in [0.3, 0.4) is 0 Å². The summed E-state index contributed by atoms with van der Waals surface area (Å²) in [6, 6.07) is 40.9. The highest BCUT2D eigenvalue weighted by Gasteiger charge is 2.62. The summed E-state index contributed by atoms with van der Waals surface area (Å²) in [5, 5.41) is 0. The normalized spacial score (nSPS) is 33.1. The zero-order valence-electron chi connectivity index (χ0n) is 60.5. The smallest absolute Gasteiger partial charge is 0.338 e. The molecular formula is C89H122O4. The van der Waals surface area contributed by atoms with Gasteiger partial charge in [0.1, 0.15) is 29.1 Å². The number of esters is 1. The summed E-state index contributed by atoms with van der Waals surface area (Å²) >= 11 is 0. The van der Waals surface area contributed by atoms with Gasteiger partial charge in [-0.05, 0) is 307 Å². The lowest BCUT2D eigenvalue weighted by molar-refractivity contribution is -0.130. The fraction of sp³-hybridized carbons (Fsp3) is 0.629. The van der Waals surface area contributed by atoms with Gasteiger partial charge in [0.2, 0.25) is 0 Å². The van der Waals surface area contributed by atoms with E-state index in [4.69, 9.17) is 14.2 Å². The Labute approximate surface area is 565 Å². The van der Waals surface area contributed by atoms with Crippen LogP contribution in [0, 0.1) is 126 Å². The molecule has 0 aromatic heterocycles. The van der Waals surface area contributed by atoms with Crippen LogP contribution in [-0.2, 0) is 10.2 Å². The average Bonchev–Trinajstić information content (AvgIpc) is 1.71. The first-order chi connectivity index (χ1) is 44.5. The van der Waals surface area contributed by atoms with E-state index < -0.39 is 0 Å². The van der Waals surface area contributed by atoms with Crippen molar-refractivity contribution < 1.29 is 19.0 Å². The van der Waals surface area contributed by atoms with Crippen molar-refractivity contribution >= 4 is 5.97 Å². The number of hydrogen-bond donors (Lipinski definition) is 0. The van der Waals surface area contributed by atoms with Gasteiger partial charge in [0, 0.05) is 5.41 Å². The summed E-state index contributed by atoms with van der Waals surface area (Å²) in [5.74, 6) is 14.6. The van der Waals surface area contributed by atoms with E-state index in [9.17, 15) is 4.79 Å². The van der Waals surface area contributed by atoms with Crippen molar-refractivity contribution in [1.82, 2.24) is 0 Å². The van der Waals surface area contributed by atoms with E-state index in [0.29, 0.717) is 22.2 Å². The van der Waals surface area contributed by atoms with Crippen LogP contribution in [0.5, 0.6) is 23.0 Å². The fourth-order valence-electron chi connectivity index (χ4n) is 23.2. The second kappa shape index (κ2) is 27.8. The third kappa shape index (κ3) is 13.8. The summed E-state index contributed by atoms with van der Waals surface area (Å²) in [6.07, 6.45) is 33.7. The van der Waals surface area contributed by atoms with Gasteiger partial charge < -0.3 is 14.2 Å². The van der Waals surface area contributed by atoms with Crippen molar-refractivity contribution in [3.05, 3.63) is 166 Å². The Balaban J connectivity index is 0.000000192. The topological polar surface area (TPSA) is 44.8 Å². The van der Waals surface area contributed by atoms with Gasteiger partial charge in [0.05, 0.1) is 5.56 Å². The molecule has 0 bridgehead atoms. The van der Waals surface area contributed by atoms with Crippen molar-refractivity contribution in [2.24, 2.45) is 98.6 Å². The molecule has 8 aliphatic carbocycles. The zero-order chi connectivity index (χ0) is 65.6. The van der Waals surface area contributed by atoms with Crippen LogP contribution in [0.25, 0.3) is 0 Å². The van der Waals surface area contributed by atoms with Gasteiger partial charge in [-0.3, -0.25) is 0 Å². The van der Waals surface area contributed by atoms with E-state index in [2.05, 4.69) is 206 Å². The first-order valence-electron chi connectivity index (χ1n) is 38.2. The number of ether oxygens (including phenoxy) is 3. The monoisotopic (exact) mass is 1250 g/mol. The van der Waals surface area contributed by atoms with Gasteiger partial charge >= 0.3 is 5.97 Å². The number of allylic oxidation sites excluding steroid dienone is 2. The van der Waals surface area contributed by atoms with Gasteiger partial charge in [-0.2, -0.15) is 0 Å². The number of carbonyl (C=O) groups excluding carboxylic acids is 1. The Bertz CT molecular complexity index is 3240. The van der Waals surface area contributed by atoms with Crippen LogP contribution in [0.1, 0.15) is 261 Å². The summed E-state index contributed by atoms with van der Waals surface area (Å²) in [7, 11) is 0. The Hall–Kier alpha value is -5.09. The number of carbonyl (C=O) groups is 1. The summed E-state index contributed by atoms with van der Waals surface area (Å²) < 4.78 is 18.8. The number of hydrogen-bond acceptors (Lipinski definition) is 4. The molecule has 0 heterocycles. The van der Waals surface area contributed by atoms with E-state index in [-0.39, 0.29) is 22.9 Å². The molecule has 0 radical (unpaired) electrons. The predicted molar refractivity (Wildman–Crippen MR) is 387 cm³/mol. The molecule has 4 heteroatoms. The molecule has 5 aromatic carbocycles. The summed E-state index contributed by atoms with van der Waals surface area (Å²) in [4.78, 5) is 13.0. The highest BCUT2D eigenvalue weighted by molar-refractivity contribution is 5.90. The van der Waals surface area contributed by atoms with E-state index in [0.717, 1.165) is 136 Å². The number of aryl methyl sites for hydroxylation is 4. The molecule has 0 saturated heterocycles. The van der Waals surface area contributed by atoms with Gasteiger partial charge in [0.15, 0.2) is 0 Å². The summed E-state index contributed by atoms with van der Waals surface area (Å²) in [6.45, 7) is 33.8. The Morgan fingerprint density at radius 3 is 1.43 bits per heavy atom. The van der Waals surface area contributed by atoms with Gasteiger partial charge in [0.25, 0.3) is 0 Å². The van der Waals surface area contributed by atoms with Crippen molar-refractivity contribution in [1.29, 1.82) is 0 Å². The SMILES string of the molecule is Cc1cc(C)cc(C(=O)OC2CCC3(C)C(CCC4C3CCC3(C)C(C(C)CCCC(C)C)CCC43)C2)c1.Cc1ccc(Oc2ccc(C3(c4ccc(Oc5ccc(C)cc5)cc4)CCC4(C)C(=CCC5C4CCC4(C)C(C(C)CCCC(C)C)CCC54)C3)cc2)cc1. The molecule has 502 valence electrons. The Morgan fingerprint density at radius 1 is 0.462 bits per heavy atom. The minimum atomic E-state index is -0.118. The van der Waals surface area contributed by atoms with E-state index >= 15 is 0 Å². The van der Waals surface area contributed by atoms with Crippen LogP contribution in [0.15, 0.2) is 127 Å². The Morgan fingerprint density at radius 2 is 0.925 bits per heavy atom. The minimum absolute atomic E-state index is 0.0920. The van der Waals surface area contributed by atoms with Crippen LogP contribution in [0.4, 0.5) is 0 Å². The van der Waals surface area contributed by atoms with Crippen molar-refractivity contribution in [3.8, 4) is 23.0 Å². The maximum absolute atomic E-state index is 13.0. The standard InChI is InChI=1S/C53H66O2.C36H56O2/c1-36(2)9-8-10-39(5)48-29-30-49-47-28-19-42-35-53(34-33-51(42,6)50(47)31-32-52(48,49)7,40-15-24-45(25-16-40)54-43-20-11-37(3)12-21-43)41-17-26-46(27-18-41)55-44-22-13-38(4)14-23-44;1-23(2)9-8-10-26(5)31-13-14-32-30-12-11-28-22-29(38-34(37)27-20-24(3)19-25(4)21-27)15-17-35(28,6)33(30)16-18-36(31,32)7/h11-27,36,39,47-50H,8-10,28-35H2,1-7H3;19-21,23,26,28-33H,8-18,22H2,1-7H3. The van der Waals surface area contributed by atoms with Crippen molar-refractivity contribution in [2.45, 2.75) is 256 Å². The number of benzene rings is 5. The molecule has 7 saturated carbocycles. The van der Waals surface area contributed by atoms with Crippen LogP contribution in [-0.4, -0.2) is 12.1 Å². The highest BCUT2D eigenvalue weighted by atomic mass is 16.5. The second-order valence-corrected chi connectivity index (χ2v) is 34.8. The molecule has 16 unspecified atom stereocenters. The van der Waals surface area contributed by atoms with Gasteiger partial charge in [-0.25, -0.2) is 4.79 Å². The zero-order valence-corrected chi connectivity index (χ0v) is 60.5. The molecule has 0 N–H and O–H groups in total. The lowest BCUT2D eigenvalue weighted by Gasteiger charge is -2.61. The molecule has 93 heavy (non-hydrogen) atoms. The van der Waals surface area contributed by atoms with Crippen LogP contribution < -0.4 is 9.47 Å². The quantitative estimate of drug-likeness (QED) is 0.0648. The molecule has 8 aliphatic rings.